The average Bonchev–Trinajstić information content (AvgIpc) is 1.62. The van der Waals surface area contributed by atoms with E-state index in [0.717, 1.165) is 0 Å². The van der Waals surface area contributed by atoms with Gasteiger partial charge in [0.2, 0.25) is 0 Å². The van der Waals surface area contributed by atoms with Gasteiger partial charge in [-0.15, -0.1) is 0 Å². The SMILES string of the molecule is O=P([O-])([O-])[O-].O=P([O-])([O-])[O-].O=P([O-])([O-])[O-].O=P([O-])([O-])[O-].[Li+].[Nd+3]. The molecule has 0 unspecified atom stereocenters. The minimum absolute atomic E-state index is 0. The Morgan fingerprint density at radius 1 is 0.364 bits per heavy atom. The van der Waals surface area contributed by atoms with Gasteiger partial charge in [0, 0.05) is 0 Å². The molecule has 0 rings (SSSR count). The molecule has 1 radical (unpaired) electrons. The van der Waals surface area contributed by atoms with E-state index in [0.29, 0.717) is 0 Å². The summed E-state index contributed by atoms with van der Waals surface area (Å²) in [5.41, 5.74) is 0. The molecule has 0 aromatic carbocycles. The third-order valence-corrected chi connectivity index (χ3v) is 0. The predicted molar refractivity (Wildman–Crippen MR) is 30.4 cm³/mol. The molecule has 0 N–H and O–H groups in total. The van der Waals surface area contributed by atoms with Crippen molar-refractivity contribution in [3.8, 4) is 0 Å². The first kappa shape index (κ1) is 39.5. The molecule has 0 heterocycles. The van der Waals surface area contributed by atoms with Crippen molar-refractivity contribution >= 4 is 31.3 Å². The molecule has 16 nitrogen and oxygen atoms in total. The summed E-state index contributed by atoms with van der Waals surface area (Å²) < 4.78 is 34.2. The largest absolute Gasteiger partial charge is 3.00 e. The minimum Gasteiger partial charge on any atom is -0.822 e. The Morgan fingerprint density at radius 3 is 0.364 bits per heavy atom. The smallest absolute Gasteiger partial charge is 0.822 e. The van der Waals surface area contributed by atoms with Gasteiger partial charge in [-0.2, -0.15) is 31.3 Å². The minimum atomic E-state index is -5.39. The van der Waals surface area contributed by atoms with Crippen LogP contribution in [0.3, 0.4) is 0 Å². The zero-order valence-corrected chi connectivity index (χ0v) is 16.6. The Hall–Kier alpha value is 2.39. The van der Waals surface area contributed by atoms with Gasteiger partial charge in [-0.05, 0) is 0 Å². The topological polar surface area (TPSA) is 345 Å². The van der Waals surface area contributed by atoms with Crippen LogP contribution < -0.4 is 77.6 Å². The molecular weight excluding hydrogens is 531 g/mol. The van der Waals surface area contributed by atoms with E-state index in [-0.39, 0.29) is 59.7 Å². The van der Waals surface area contributed by atoms with E-state index in [2.05, 4.69) is 0 Å². The summed E-state index contributed by atoms with van der Waals surface area (Å²) in [7, 11) is -21.6. The summed E-state index contributed by atoms with van der Waals surface area (Å²) >= 11 is 0. The van der Waals surface area contributed by atoms with Crippen molar-refractivity contribution in [2.45, 2.75) is 0 Å². The van der Waals surface area contributed by atoms with Gasteiger partial charge in [0.05, 0.1) is 0 Å². The van der Waals surface area contributed by atoms with Crippen LogP contribution in [0.15, 0.2) is 0 Å². The van der Waals surface area contributed by atoms with E-state index in [1.807, 2.05) is 0 Å². The van der Waals surface area contributed by atoms with Crippen LogP contribution in [0.25, 0.3) is 0 Å². The molecule has 0 atom stereocenters. The summed E-state index contributed by atoms with van der Waals surface area (Å²) in [6, 6.07) is 0. The predicted octanol–water partition coefficient (Wildman–Crippen LogP) is -14.3. The number of hydrogen-bond acceptors (Lipinski definition) is 16. The third-order valence-electron chi connectivity index (χ3n) is 0. The first-order valence-corrected chi connectivity index (χ1v) is 8.76. The molecule has 0 aliphatic carbocycles. The van der Waals surface area contributed by atoms with Gasteiger partial charge in [-0.3, -0.25) is 0 Å². The molecule has 0 aliphatic rings. The second-order valence-electron chi connectivity index (χ2n) is 1.79. The molecule has 0 aliphatic heterocycles. The maximum atomic E-state index is 8.55. The van der Waals surface area contributed by atoms with Crippen LogP contribution in [0, 0.1) is 40.8 Å². The molecule has 0 amide bonds. The Kier molecular flexibility index (Phi) is 30.2. The second kappa shape index (κ2) is 16.8. The zero-order valence-electron chi connectivity index (χ0n) is 9.82. The van der Waals surface area contributed by atoms with Crippen molar-refractivity contribution in [1.82, 2.24) is 0 Å². The number of rotatable bonds is 0. The fourth-order valence-electron chi connectivity index (χ4n) is 0. The van der Waals surface area contributed by atoms with Gasteiger partial charge in [0.15, 0.2) is 0 Å². The van der Waals surface area contributed by atoms with Crippen molar-refractivity contribution in [1.29, 1.82) is 0 Å². The maximum Gasteiger partial charge on any atom is 3.00 e. The molecule has 0 saturated carbocycles. The number of phosphoric acid groups is 4. The van der Waals surface area contributed by atoms with E-state index in [9.17, 15) is 0 Å². The van der Waals surface area contributed by atoms with Crippen molar-refractivity contribution in [3.05, 3.63) is 0 Å². The molecule has 0 saturated heterocycles. The van der Waals surface area contributed by atoms with Crippen LogP contribution in [0.5, 0.6) is 0 Å². The summed E-state index contributed by atoms with van der Waals surface area (Å²) in [6.07, 6.45) is 0. The fraction of sp³-hybridized carbons (Fsp3) is 0. The first-order valence-electron chi connectivity index (χ1n) is 2.92. The van der Waals surface area contributed by atoms with E-state index < -0.39 is 31.3 Å². The van der Waals surface area contributed by atoms with Gasteiger partial charge in [0.1, 0.15) is 0 Å². The Bertz CT molecular complexity index is 291. The van der Waals surface area contributed by atoms with Gasteiger partial charge in [-0.25, -0.2) is 0 Å². The van der Waals surface area contributed by atoms with Crippen molar-refractivity contribution in [3.63, 3.8) is 0 Å². The monoisotopic (exact) mass is 529 g/mol. The normalized spacial score (nSPS) is 10.7. The molecule has 22 heavy (non-hydrogen) atoms. The van der Waals surface area contributed by atoms with Gasteiger partial charge >= 0.3 is 59.7 Å². The van der Waals surface area contributed by atoms with Crippen LogP contribution in [0.4, 0.5) is 0 Å². The van der Waals surface area contributed by atoms with Gasteiger partial charge in [-0.1, -0.05) is 0 Å². The first-order chi connectivity index (χ1) is 8.00. The molecular formula is LiNdO16P4-8. The Balaban J connectivity index is -0.0000000376. The van der Waals surface area contributed by atoms with Crippen LogP contribution in [-0.2, 0) is 18.3 Å². The summed E-state index contributed by atoms with van der Waals surface area (Å²) in [5, 5.41) is 0. The maximum absolute atomic E-state index is 8.55. The van der Waals surface area contributed by atoms with Gasteiger partial charge in [0.25, 0.3) is 0 Å². The Morgan fingerprint density at radius 2 is 0.364 bits per heavy atom. The second-order valence-corrected chi connectivity index (χ2v) is 5.37. The standard InChI is InChI=1S/Li.Nd.4H3O4P/c;;4*1-5(2,3)4/h;;4*(H3,1,2,3,4)/q+1;+3;;;;/p-12. The van der Waals surface area contributed by atoms with Crippen LogP contribution >= 0.6 is 31.3 Å². The molecule has 0 fully saturated rings. The quantitative estimate of drug-likeness (QED) is 0.207. The van der Waals surface area contributed by atoms with E-state index >= 15 is 0 Å². The summed E-state index contributed by atoms with van der Waals surface area (Å²) in [4.78, 5) is 103. The molecule has 0 spiro atoms. The van der Waals surface area contributed by atoms with Crippen molar-refractivity contribution in [2.75, 3.05) is 0 Å². The Labute approximate surface area is 166 Å². The molecule has 22 heteroatoms. The van der Waals surface area contributed by atoms with Crippen LogP contribution in [0.1, 0.15) is 0 Å². The third kappa shape index (κ3) is 1800. The van der Waals surface area contributed by atoms with Crippen molar-refractivity contribution < 1.29 is 137 Å². The van der Waals surface area contributed by atoms with Crippen molar-refractivity contribution in [2.24, 2.45) is 0 Å². The van der Waals surface area contributed by atoms with E-state index in [1.54, 1.807) is 0 Å². The van der Waals surface area contributed by atoms with E-state index in [4.69, 9.17) is 77.0 Å². The van der Waals surface area contributed by atoms with Gasteiger partial charge < -0.3 is 77.0 Å². The molecule has 0 aromatic heterocycles. The molecule has 129 valence electrons. The zero-order chi connectivity index (χ0) is 18.0. The molecule has 0 aromatic rings. The summed E-state index contributed by atoms with van der Waals surface area (Å²) in [5.74, 6) is 0. The fourth-order valence-corrected chi connectivity index (χ4v) is 0. The summed E-state index contributed by atoms with van der Waals surface area (Å²) in [6.45, 7) is 0. The average molecular weight is 531 g/mol. The molecule has 0 bridgehead atoms. The van der Waals surface area contributed by atoms with Crippen LogP contribution in [-0.4, -0.2) is 0 Å². The number of hydrogen-bond donors (Lipinski definition) is 0. The van der Waals surface area contributed by atoms with E-state index in [1.165, 1.54) is 0 Å². The van der Waals surface area contributed by atoms with Crippen LogP contribution in [0.2, 0.25) is 0 Å².